The van der Waals surface area contributed by atoms with Crippen molar-refractivity contribution in [3.63, 3.8) is 0 Å². The Hall–Kier alpha value is -1.85. The number of rotatable bonds is 1. The Kier molecular flexibility index (Phi) is 3.74. The number of hydrogen-bond donors (Lipinski definition) is 0. The van der Waals surface area contributed by atoms with Gasteiger partial charge < -0.3 is 0 Å². The van der Waals surface area contributed by atoms with Crippen LogP contribution in [0.1, 0.15) is 16.7 Å². The first-order valence-corrected chi connectivity index (χ1v) is 4.52. The zero-order valence-electron chi connectivity index (χ0n) is 8.76. The zero-order valence-corrected chi connectivity index (χ0v) is 8.76. The van der Waals surface area contributed by atoms with Crippen LogP contribution in [0.15, 0.2) is 6.07 Å². The number of halogens is 8. The summed E-state index contributed by atoms with van der Waals surface area (Å²) in [5.41, 5.74) is -6.07. The van der Waals surface area contributed by atoms with Gasteiger partial charge in [0.05, 0.1) is 23.6 Å². The highest BCUT2D eigenvalue weighted by Gasteiger charge is 2.42. The zero-order chi connectivity index (χ0) is 15.0. The van der Waals surface area contributed by atoms with Crippen LogP contribution in [-0.2, 0) is 18.8 Å². The van der Waals surface area contributed by atoms with Gasteiger partial charge in [0.2, 0.25) is 0 Å². The second-order valence-electron chi connectivity index (χ2n) is 3.41. The predicted molar refractivity (Wildman–Crippen MR) is 45.7 cm³/mol. The third-order valence-corrected chi connectivity index (χ3v) is 2.16. The Labute approximate surface area is 101 Å². The first-order chi connectivity index (χ1) is 8.50. The normalized spacial score (nSPS) is 12.4. The highest BCUT2D eigenvalue weighted by atomic mass is 19.4. The van der Waals surface area contributed by atoms with Crippen LogP contribution < -0.4 is 0 Å². The Morgan fingerprint density at radius 1 is 0.895 bits per heavy atom. The highest BCUT2D eigenvalue weighted by Crippen LogP contribution is 2.40. The van der Waals surface area contributed by atoms with Crippen molar-refractivity contribution >= 4 is 0 Å². The molecule has 9 heteroatoms. The summed E-state index contributed by atoms with van der Waals surface area (Å²) in [6.45, 7) is 0. The molecule has 0 fully saturated rings. The molecular weight excluding hydrogens is 286 g/mol. The Balaban J connectivity index is 3.71. The van der Waals surface area contributed by atoms with Crippen molar-refractivity contribution in [1.29, 1.82) is 5.26 Å². The van der Waals surface area contributed by atoms with Gasteiger partial charge >= 0.3 is 12.4 Å². The third kappa shape index (κ3) is 2.94. The molecule has 1 aromatic rings. The van der Waals surface area contributed by atoms with Gasteiger partial charge in [0.15, 0.2) is 0 Å². The molecule has 0 radical (unpaired) electrons. The van der Waals surface area contributed by atoms with E-state index in [1.807, 2.05) is 0 Å². The second-order valence-corrected chi connectivity index (χ2v) is 3.41. The van der Waals surface area contributed by atoms with Crippen molar-refractivity contribution in [2.75, 3.05) is 0 Å². The van der Waals surface area contributed by atoms with Gasteiger partial charge in [0.25, 0.3) is 0 Å². The van der Waals surface area contributed by atoms with E-state index in [2.05, 4.69) is 0 Å². The van der Waals surface area contributed by atoms with Crippen molar-refractivity contribution < 1.29 is 35.1 Å². The number of nitriles is 1. The molecule has 0 amide bonds. The molecule has 19 heavy (non-hydrogen) atoms. The van der Waals surface area contributed by atoms with E-state index in [9.17, 15) is 35.1 Å². The summed E-state index contributed by atoms with van der Waals surface area (Å²) in [5.74, 6) is -4.42. The molecule has 0 spiro atoms. The molecule has 0 aliphatic carbocycles. The van der Waals surface area contributed by atoms with Crippen molar-refractivity contribution in [2.45, 2.75) is 18.8 Å². The van der Waals surface area contributed by atoms with Gasteiger partial charge in [-0.05, 0) is 6.07 Å². The molecule has 0 aromatic heterocycles. The quantitative estimate of drug-likeness (QED) is 0.715. The Bertz CT molecular complexity index is 496. The summed E-state index contributed by atoms with van der Waals surface area (Å²) in [4.78, 5) is 0. The molecule has 1 aromatic carbocycles. The number of alkyl halides is 6. The minimum absolute atomic E-state index is 0.647. The van der Waals surface area contributed by atoms with E-state index in [0.717, 1.165) is 6.07 Å². The molecule has 0 heterocycles. The number of benzene rings is 1. The van der Waals surface area contributed by atoms with Crippen LogP contribution in [0.4, 0.5) is 35.1 Å². The smallest absolute Gasteiger partial charge is 0.206 e. The predicted octanol–water partition coefficient (Wildman–Crippen LogP) is 4.07. The van der Waals surface area contributed by atoms with Crippen molar-refractivity contribution in [3.05, 3.63) is 34.4 Å². The first kappa shape index (κ1) is 15.2. The average molecular weight is 289 g/mol. The van der Waals surface area contributed by atoms with Gasteiger partial charge in [0, 0.05) is 5.56 Å². The molecule has 0 saturated heterocycles. The van der Waals surface area contributed by atoms with Crippen molar-refractivity contribution in [1.82, 2.24) is 0 Å². The van der Waals surface area contributed by atoms with Crippen LogP contribution in [0, 0.1) is 23.0 Å². The largest absolute Gasteiger partial charge is 0.419 e. The van der Waals surface area contributed by atoms with Gasteiger partial charge in [0.1, 0.15) is 11.6 Å². The van der Waals surface area contributed by atoms with Gasteiger partial charge in [-0.25, -0.2) is 8.78 Å². The van der Waals surface area contributed by atoms with E-state index in [1.54, 1.807) is 0 Å². The van der Waals surface area contributed by atoms with Crippen molar-refractivity contribution in [3.8, 4) is 6.07 Å². The molecule has 0 atom stereocenters. The molecule has 0 N–H and O–H groups in total. The van der Waals surface area contributed by atoms with Crippen LogP contribution in [0.3, 0.4) is 0 Å². The van der Waals surface area contributed by atoms with Crippen LogP contribution in [0.2, 0.25) is 0 Å². The average Bonchev–Trinajstić information content (AvgIpc) is 2.20. The monoisotopic (exact) mass is 289 g/mol. The fraction of sp³-hybridized carbons (Fsp3) is 0.300. The lowest BCUT2D eigenvalue weighted by molar-refractivity contribution is -0.146. The molecule has 0 bridgehead atoms. The number of nitrogens with zero attached hydrogens (tertiary/aromatic N) is 1. The fourth-order valence-corrected chi connectivity index (χ4v) is 1.34. The lowest BCUT2D eigenvalue weighted by Gasteiger charge is -2.16. The SMILES string of the molecule is N#CCc1c(F)c(C(F)(F)F)cc(C(F)(F)F)c1F. The van der Waals surface area contributed by atoms with Gasteiger partial charge in [-0.1, -0.05) is 0 Å². The summed E-state index contributed by atoms with van der Waals surface area (Å²) in [6, 6.07) is 0.461. The van der Waals surface area contributed by atoms with E-state index in [1.165, 1.54) is 0 Å². The van der Waals surface area contributed by atoms with Gasteiger partial charge in [-0.3, -0.25) is 0 Å². The van der Waals surface area contributed by atoms with Crippen LogP contribution in [-0.4, -0.2) is 0 Å². The summed E-state index contributed by atoms with van der Waals surface area (Å²) in [5, 5.41) is 8.21. The molecule has 0 saturated carbocycles. The highest BCUT2D eigenvalue weighted by molar-refractivity contribution is 5.38. The minimum atomic E-state index is -5.43. The van der Waals surface area contributed by atoms with E-state index in [4.69, 9.17) is 5.26 Å². The lowest BCUT2D eigenvalue weighted by atomic mass is 10.0. The first-order valence-electron chi connectivity index (χ1n) is 4.52. The van der Waals surface area contributed by atoms with E-state index in [0.29, 0.717) is 0 Å². The fourth-order valence-electron chi connectivity index (χ4n) is 1.34. The standard InChI is InChI=1S/C10H3F8N/c11-7-4(1-2-19)8(12)6(10(16,17)18)3-5(7)9(13,14)15/h3H,1H2. The van der Waals surface area contributed by atoms with E-state index >= 15 is 0 Å². The molecule has 1 rings (SSSR count). The topological polar surface area (TPSA) is 23.8 Å². The molecule has 104 valence electrons. The molecule has 0 unspecified atom stereocenters. The Morgan fingerprint density at radius 3 is 1.53 bits per heavy atom. The van der Waals surface area contributed by atoms with Crippen LogP contribution in [0.5, 0.6) is 0 Å². The summed E-state index contributed by atoms with van der Waals surface area (Å²) >= 11 is 0. The molecule has 0 aliphatic rings. The van der Waals surface area contributed by atoms with Gasteiger partial charge in [-0.2, -0.15) is 31.6 Å². The summed E-state index contributed by atoms with van der Waals surface area (Å²) < 4.78 is 101. The molecule has 1 nitrogen and oxygen atoms in total. The molecule has 0 aliphatic heterocycles. The number of hydrogen-bond acceptors (Lipinski definition) is 1. The van der Waals surface area contributed by atoms with E-state index < -0.39 is 53.2 Å². The van der Waals surface area contributed by atoms with Crippen LogP contribution in [0.25, 0.3) is 0 Å². The summed E-state index contributed by atoms with van der Waals surface area (Å²) in [7, 11) is 0. The lowest BCUT2D eigenvalue weighted by Crippen LogP contribution is -2.18. The minimum Gasteiger partial charge on any atom is -0.206 e. The summed E-state index contributed by atoms with van der Waals surface area (Å²) in [6.07, 6.45) is -12.1. The van der Waals surface area contributed by atoms with Gasteiger partial charge in [-0.15, -0.1) is 0 Å². The second kappa shape index (κ2) is 4.68. The van der Waals surface area contributed by atoms with E-state index in [-0.39, 0.29) is 0 Å². The maximum absolute atomic E-state index is 13.3. The van der Waals surface area contributed by atoms with Crippen LogP contribution >= 0.6 is 0 Å². The Morgan fingerprint density at radius 2 is 1.26 bits per heavy atom. The third-order valence-electron chi connectivity index (χ3n) is 2.16. The van der Waals surface area contributed by atoms with Crippen molar-refractivity contribution in [2.24, 2.45) is 0 Å². The maximum Gasteiger partial charge on any atom is 0.419 e. The molecular formula is C10H3F8N. The maximum atomic E-state index is 13.3.